The predicted octanol–water partition coefficient (Wildman–Crippen LogP) is 6.40. The molecule has 1 amide bonds. The third kappa shape index (κ3) is 5.57. The number of aromatic nitrogens is 3. The van der Waals surface area contributed by atoms with E-state index in [1.165, 1.54) is 11.3 Å². The van der Waals surface area contributed by atoms with Crippen LogP contribution < -0.4 is 10.6 Å². The molecule has 3 heterocycles. The number of carbonyl (C=O) groups excluding carboxylic acids is 2. The second-order valence-corrected chi connectivity index (χ2v) is 10.5. The van der Waals surface area contributed by atoms with Crippen LogP contribution in [0, 0.1) is 0 Å². The zero-order valence-corrected chi connectivity index (χ0v) is 21.4. The van der Waals surface area contributed by atoms with Gasteiger partial charge in [-0.2, -0.15) is 0 Å². The smallest absolute Gasteiger partial charge is 0.258 e. The molecule has 2 N–H and O–H groups in total. The largest absolute Gasteiger partial charge is 0.361 e. The summed E-state index contributed by atoms with van der Waals surface area (Å²) in [7, 11) is 0. The number of hydrogen-bond acceptors (Lipinski definition) is 8. The minimum Gasteiger partial charge on any atom is -0.361 e. The fourth-order valence-corrected chi connectivity index (χ4v) is 4.43. The zero-order chi connectivity index (χ0) is 26.0. The number of para-hydroxylation sites is 1. The monoisotopic (exact) mass is 511 g/mol. The van der Waals surface area contributed by atoms with Crippen molar-refractivity contribution >= 4 is 50.4 Å². The summed E-state index contributed by atoms with van der Waals surface area (Å²) in [6.07, 6.45) is 1.83. The van der Waals surface area contributed by atoms with Crippen molar-refractivity contribution in [2.24, 2.45) is 0 Å². The van der Waals surface area contributed by atoms with Crippen LogP contribution >= 0.6 is 11.3 Å². The van der Waals surface area contributed by atoms with Crippen LogP contribution in [0.5, 0.6) is 0 Å². The molecule has 0 fully saturated rings. The van der Waals surface area contributed by atoms with Crippen molar-refractivity contribution in [2.45, 2.75) is 32.6 Å². The van der Waals surface area contributed by atoms with Crippen LogP contribution in [0.3, 0.4) is 0 Å². The molecule has 0 saturated heterocycles. The lowest BCUT2D eigenvalue weighted by molar-refractivity contribution is 0.0985. The average molecular weight is 512 g/mol. The Morgan fingerprint density at radius 2 is 1.76 bits per heavy atom. The topological polar surface area (TPSA) is 110 Å². The average Bonchev–Trinajstić information content (AvgIpc) is 3.54. The number of anilines is 3. The van der Waals surface area contributed by atoms with Gasteiger partial charge < -0.3 is 15.2 Å². The number of fused-ring (bicyclic) bond motifs is 1. The Kier molecular flexibility index (Phi) is 6.54. The van der Waals surface area contributed by atoms with Crippen LogP contribution in [0.1, 0.15) is 53.1 Å². The third-order valence-electron chi connectivity index (χ3n) is 5.72. The molecular formula is C28H25N5O3S. The molecule has 0 bridgehead atoms. The first-order valence-electron chi connectivity index (χ1n) is 11.7. The molecule has 5 rings (SSSR count). The number of thiazole rings is 1. The highest BCUT2D eigenvalue weighted by Crippen LogP contribution is 2.26. The van der Waals surface area contributed by atoms with E-state index in [4.69, 9.17) is 4.52 Å². The molecule has 0 unspecified atom stereocenters. The summed E-state index contributed by atoms with van der Waals surface area (Å²) in [5.74, 6) is 0.721. The van der Waals surface area contributed by atoms with E-state index in [0.29, 0.717) is 33.6 Å². The van der Waals surface area contributed by atoms with Crippen LogP contribution in [-0.4, -0.2) is 26.8 Å². The number of carbonyl (C=O) groups is 2. The summed E-state index contributed by atoms with van der Waals surface area (Å²) in [6.45, 7) is 6.07. The van der Waals surface area contributed by atoms with Gasteiger partial charge in [0.1, 0.15) is 17.3 Å². The SMILES string of the molecule is CC(C)(C)c1cc(CC(=O)c2csc(Nc3ccccc3C(=O)Nc3cc4ccccc4cn3)n2)no1. The van der Waals surface area contributed by atoms with E-state index in [1.807, 2.05) is 63.2 Å². The highest BCUT2D eigenvalue weighted by Gasteiger charge is 2.22. The van der Waals surface area contributed by atoms with Crippen molar-refractivity contribution in [3.8, 4) is 0 Å². The Balaban J connectivity index is 1.28. The molecule has 0 aliphatic heterocycles. The van der Waals surface area contributed by atoms with E-state index in [9.17, 15) is 9.59 Å². The Labute approximate surface area is 217 Å². The quantitative estimate of drug-likeness (QED) is 0.243. The summed E-state index contributed by atoms with van der Waals surface area (Å²) in [6, 6.07) is 18.6. The molecule has 0 spiro atoms. The van der Waals surface area contributed by atoms with Gasteiger partial charge in [-0.25, -0.2) is 9.97 Å². The van der Waals surface area contributed by atoms with Gasteiger partial charge in [0, 0.05) is 28.4 Å². The molecule has 0 radical (unpaired) electrons. The van der Waals surface area contributed by atoms with Gasteiger partial charge in [0.05, 0.1) is 23.4 Å². The third-order valence-corrected chi connectivity index (χ3v) is 6.47. The number of amides is 1. The van der Waals surface area contributed by atoms with E-state index in [2.05, 4.69) is 25.8 Å². The maximum atomic E-state index is 13.1. The zero-order valence-electron chi connectivity index (χ0n) is 20.6. The second-order valence-electron chi connectivity index (χ2n) is 9.61. The Bertz CT molecular complexity index is 1600. The molecule has 9 heteroatoms. The lowest BCUT2D eigenvalue weighted by Crippen LogP contribution is -2.14. The molecule has 186 valence electrons. The number of benzene rings is 2. The number of rotatable bonds is 7. The predicted molar refractivity (Wildman–Crippen MR) is 145 cm³/mol. The molecule has 5 aromatic rings. The van der Waals surface area contributed by atoms with Crippen molar-refractivity contribution in [1.82, 2.24) is 15.1 Å². The number of Topliss-reactive ketones (excluding diaryl/α,β-unsaturated/α-hetero) is 1. The first-order valence-corrected chi connectivity index (χ1v) is 12.6. The summed E-state index contributed by atoms with van der Waals surface area (Å²) in [5, 5.41) is 14.2. The molecular weight excluding hydrogens is 486 g/mol. The van der Waals surface area contributed by atoms with Crippen molar-refractivity contribution < 1.29 is 14.1 Å². The van der Waals surface area contributed by atoms with Gasteiger partial charge >= 0.3 is 0 Å². The van der Waals surface area contributed by atoms with Crippen molar-refractivity contribution in [1.29, 1.82) is 0 Å². The van der Waals surface area contributed by atoms with E-state index >= 15 is 0 Å². The van der Waals surface area contributed by atoms with Crippen molar-refractivity contribution in [2.75, 3.05) is 10.6 Å². The maximum absolute atomic E-state index is 13.1. The van der Waals surface area contributed by atoms with E-state index in [1.54, 1.807) is 29.8 Å². The molecule has 0 aliphatic rings. The lowest BCUT2D eigenvalue weighted by Gasteiger charge is -2.12. The first-order chi connectivity index (χ1) is 17.8. The first kappa shape index (κ1) is 24.3. The highest BCUT2D eigenvalue weighted by molar-refractivity contribution is 7.14. The molecule has 0 saturated carbocycles. The molecule has 37 heavy (non-hydrogen) atoms. The standard InChI is InChI=1S/C28H25N5O3S/c1-28(2,3)24-14-19(33-36-24)13-23(34)22-16-37-27(31-22)30-21-11-7-6-10-20(21)26(35)32-25-12-17-8-4-5-9-18(17)15-29-25/h4-12,14-16H,13H2,1-3H3,(H,30,31)(H,29,32,35). The van der Waals surface area contributed by atoms with Crippen LogP contribution in [0.15, 0.2) is 76.8 Å². The van der Waals surface area contributed by atoms with Gasteiger partial charge in [-0.3, -0.25) is 9.59 Å². The second kappa shape index (κ2) is 9.94. The van der Waals surface area contributed by atoms with Crippen LogP contribution in [0.4, 0.5) is 16.6 Å². The fraction of sp³-hybridized carbons (Fsp3) is 0.179. The van der Waals surface area contributed by atoms with Gasteiger partial charge in [0.2, 0.25) is 0 Å². The van der Waals surface area contributed by atoms with E-state index < -0.39 is 0 Å². The summed E-state index contributed by atoms with van der Waals surface area (Å²) >= 11 is 1.29. The van der Waals surface area contributed by atoms with E-state index in [-0.39, 0.29) is 23.5 Å². The minimum atomic E-state index is -0.306. The minimum absolute atomic E-state index is 0.0977. The summed E-state index contributed by atoms with van der Waals surface area (Å²) in [4.78, 5) is 34.6. The summed E-state index contributed by atoms with van der Waals surface area (Å²) < 4.78 is 5.37. The van der Waals surface area contributed by atoms with Gasteiger partial charge in [0.25, 0.3) is 5.91 Å². The van der Waals surface area contributed by atoms with Gasteiger partial charge in [-0.15, -0.1) is 11.3 Å². The molecule has 3 aromatic heterocycles. The van der Waals surface area contributed by atoms with E-state index in [0.717, 1.165) is 16.5 Å². The summed E-state index contributed by atoms with van der Waals surface area (Å²) in [5.41, 5.74) is 1.71. The number of hydrogen-bond donors (Lipinski definition) is 2. The Morgan fingerprint density at radius 1 is 1.00 bits per heavy atom. The molecule has 2 aromatic carbocycles. The van der Waals surface area contributed by atoms with Gasteiger partial charge in [-0.1, -0.05) is 62.3 Å². The lowest BCUT2D eigenvalue weighted by atomic mass is 9.93. The molecule has 8 nitrogen and oxygen atoms in total. The Morgan fingerprint density at radius 3 is 2.54 bits per heavy atom. The number of ketones is 1. The highest BCUT2D eigenvalue weighted by atomic mass is 32.1. The van der Waals surface area contributed by atoms with Crippen LogP contribution in [0.25, 0.3) is 10.8 Å². The number of nitrogens with one attached hydrogen (secondary N) is 2. The fourth-order valence-electron chi connectivity index (χ4n) is 3.70. The molecule has 0 aliphatic carbocycles. The van der Waals surface area contributed by atoms with Crippen LogP contribution in [-0.2, 0) is 11.8 Å². The van der Waals surface area contributed by atoms with Crippen molar-refractivity contribution in [3.63, 3.8) is 0 Å². The molecule has 0 atom stereocenters. The maximum Gasteiger partial charge on any atom is 0.258 e. The number of pyridine rings is 1. The van der Waals surface area contributed by atoms with Crippen LogP contribution in [0.2, 0.25) is 0 Å². The van der Waals surface area contributed by atoms with Crippen molar-refractivity contribution in [3.05, 3.63) is 95.0 Å². The Hall–Kier alpha value is -4.37. The normalized spacial score (nSPS) is 11.4. The number of nitrogens with zero attached hydrogens (tertiary/aromatic N) is 3. The van der Waals surface area contributed by atoms with Gasteiger partial charge in [0.15, 0.2) is 10.9 Å². The van der Waals surface area contributed by atoms with Gasteiger partial charge in [-0.05, 0) is 23.6 Å².